The SMILES string of the molecule is CCC(C)C(=O)COc1c(Br)cccc1OC. The molecule has 1 atom stereocenters. The molecule has 0 bridgehead atoms. The molecule has 1 rings (SSSR count). The highest BCUT2D eigenvalue weighted by Gasteiger charge is 2.14. The van der Waals surface area contributed by atoms with Gasteiger partial charge in [-0.15, -0.1) is 0 Å². The minimum atomic E-state index is 0.0310. The van der Waals surface area contributed by atoms with E-state index in [0.29, 0.717) is 11.5 Å². The number of para-hydroxylation sites is 1. The van der Waals surface area contributed by atoms with Crippen molar-refractivity contribution in [3.8, 4) is 11.5 Å². The highest BCUT2D eigenvalue weighted by molar-refractivity contribution is 9.10. The van der Waals surface area contributed by atoms with Gasteiger partial charge in [0.2, 0.25) is 0 Å². The molecular weight excluding hydrogens is 284 g/mol. The summed E-state index contributed by atoms with van der Waals surface area (Å²) in [7, 11) is 1.57. The molecule has 0 amide bonds. The van der Waals surface area contributed by atoms with Crippen LogP contribution in [-0.4, -0.2) is 19.5 Å². The molecule has 0 spiro atoms. The molecule has 0 heterocycles. The van der Waals surface area contributed by atoms with Gasteiger partial charge in [-0.2, -0.15) is 0 Å². The van der Waals surface area contributed by atoms with Crippen LogP contribution in [0.15, 0.2) is 22.7 Å². The number of carbonyl (C=O) groups is 1. The molecule has 0 aliphatic heterocycles. The highest BCUT2D eigenvalue weighted by Crippen LogP contribution is 2.34. The van der Waals surface area contributed by atoms with E-state index in [-0.39, 0.29) is 18.3 Å². The molecule has 0 aromatic heterocycles. The van der Waals surface area contributed by atoms with Crippen molar-refractivity contribution < 1.29 is 14.3 Å². The smallest absolute Gasteiger partial charge is 0.175 e. The van der Waals surface area contributed by atoms with Crippen LogP contribution in [0.1, 0.15) is 20.3 Å². The van der Waals surface area contributed by atoms with Crippen LogP contribution in [-0.2, 0) is 4.79 Å². The van der Waals surface area contributed by atoms with E-state index < -0.39 is 0 Å². The molecule has 0 fully saturated rings. The van der Waals surface area contributed by atoms with Crippen LogP contribution in [0.3, 0.4) is 0 Å². The third kappa shape index (κ3) is 3.73. The summed E-state index contributed by atoms with van der Waals surface area (Å²) in [5.74, 6) is 1.33. The molecule has 94 valence electrons. The number of halogens is 1. The fraction of sp³-hybridized carbons (Fsp3) is 0.462. The molecule has 0 radical (unpaired) electrons. The van der Waals surface area contributed by atoms with Crippen molar-refractivity contribution in [3.05, 3.63) is 22.7 Å². The van der Waals surface area contributed by atoms with E-state index in [9.17, 15) is 4.79 Å². The Bertz CT molecular complexity index is 390. The minimum Gasteiger partial charge on any atom is -0.493 e. The molecule has 4 heteroatoms. The number of rotatable bonds is 6. The summed E-state index contributed by atoms with van der Waals surface area (Å²) in [5, 5.41) is 0. The normalized spacial score (nSPS) is 12.0. The average Bonchev–Trinajstić information content (AvgIpc) is 2.35. The van der Waals surface area contributed by atoms with Gasteiger partial charge in [0.25, 0.3) is 0 Å². The second-order valence-electron chi connectivity index (χ2n) is 3.84. The summed E-state index contributed by atoms with van der Waals surface area (Å²) in [6, 6.07) is 5.51. The zero-order valence-corrected chi connectivity index (χ0v) is 11.9. The topological polar surface area (TPSA) is 35.5 Å². The summed E-state index contributed by atoms with van der Waals surface area (Å²) in [5.41, 5.74) is 0. The lowest BCUT2D eigenvalue weighted by Gasteiger charge is -2.13. The monoisotopic (exact) mass is 300 g/mol. The maximum atomic E-state index is 11.7. The van der Waals surface area contributed by atoms with Crippen molar-refractivity contribution in [2.75, 3.05) is 13.7 Å². The van der Waals surface area contributed by atoms with E-state index in [1.807, 2.05) is 26.0 Å². The molecule has 0 aliphatic rings. The molecule has 3 nitrogen and oxygen atoms in total. The lowest BCUT2D eigenvalue weighted by molar-refractivity contribution is -0.124. The van der Waals surface area contributed by atoms with Gasteiger partial charge in [-0.05, 0) is 34.5 Å². The summed E-state index contributed by atoms with van der Waals surface area (Å²) >= 11 is 3.38. The zero-order chi connectivity index (χ0) is 12.8. The Morgan fingerprint density at radius 3 is 2.76 bits per heavy atom. The quantitative estimate of drug-likeness (QED) is 0.807. The Morgan fingerprint density at radius 2 is 2.18 bits per heavy atom. The van der Waals surface area contributed by atoms with E-state index in [1.54, 1.807) is 13.2 Å². The molecule has 1 unspecified atom stereocenters. The first-order chi connectivity index (χ1) is 8.10. The van der Waals surface area contributed by atoms with Crippen molar-refractivity contribution in [1.82, 2.24) is 0 Å². The molecule has 17 heavy (non-hydrogen) atoms. The van der Waals surface area contributed by atoms with Gasteiger partial charge in [0.1, 0.15) is 6.61 Å². The van der Waals surface area contributed by atoms with Crippen LogP contribution < -0.4 is 9.47 Å². The van der Waals surface area contributed by atoms with Gasteiger partial charge >= 0.3 is 0 Å². The van der Waals surface area contributed by atoms with Crippen LogP contribution in [0, 0.1) is 5.92 Å². The predicted molar refractivity (Wildman–Crippen MR) is 70.7 cm³/mol. The lowest BCUT2D eigenvalue weighted by atomic mass is 10.1. The molecule has 0 aliphatic carbocycles. The maximum absolute atomic E-state index is 11.7. The Balaban J connectivity index is 2.72. The van der Waals surface area contributed by atoms with Crippen LogP contribution >= 0.6 is 15.9 Å². The number of ether oxygens (including phenoxy) is 2. The molecular formula is C13H17BrO3. The lowest BCUT2D eigenvalue weighted by Crippen LogP contribution is -2.18. The van der Waals surface area contributed by atoms with Crippen molar-refractivity contribution >= 4 is 21.7 Å². The van der Waals surface area contributed by atoms with E-state index in [2.05, 4.69) is 15.9 Å². The van der Waals surface area contributed by atoms with Crippen LogP contribution in [0.4, 0.5) is 0 Å². The second kappa shape index (κ2) is 6.64. The van der Waals surface area contributed by atoms with E-state index in [0.717, 1.165) is 10.9 Å². The molecule has 0 N–H and O–H groups in total. The standard InChI is InChI=1S/C13H17BrO3/c1-4-9(2)11(15)8-17-13-10(14)6-5-7-12(13)16-3/h5-7,9H,4,8H2,1-3H3. The molecule has 0 saturated heterocycles. The fourth-order valence-corrected chi connectivity index (χ4v) is 1.77. The third-order valence-corrected chi connectivity index (χ3v) is 3.30. The Labute approximate surface area is 110 Å². The summed E-state index contributed by atoms with van der Waals surface area (Å²) in [6.45, 7) is 3.97. The molecule has 1 aromatic carbocycles. The number of hydrogen-bond acceptors (Lipinski definition) is 3. The first-order valence-corrected chi connectivity index (χ1v) is 6.37. The van der Waals surface area contributed by atoms with Gasteiger partial charge in [0, 0.05) is 5.92 Å². The van der Waals surface area contributed by atoms with Crippen molar-refractivity contribution in [2.45, 2.75) is 20.3 Å². The number of methoxy groups -OCH3 is 1. The number of carbonyl (C=O) groups excluding carboxylic acids is 1. The van der Waals surface area contributed by atoms with Crippen molar-refractivity contribution in [1.29, 1.82) is 0 Å². The zero-order valence-electron chi connectivity index (χ0n) is 10.3. The van der Waals surface area contributed by atoms with Gasteiger partial charge in [-0.25, -0.2) is 0 Å². The minimum absolute atomic E-state index is 0.0310. The predicted octanol–water partition coefficient (Wildman–Crippen LogP) is 3.45. The van der Waals surface area contributed by atoms with Gasteiger partial charge in [-0.1, -0.05) is 19.9 Å². The maximum Gasteiger partial charge on any atom is 0.175 e. The first kappa shape index (κ1) is 14.0. The summed E-state index contributed by atoms with van der Waals surface area (Å²) in [4.78, 5) is 11.7. The Hall–Kier alpha value is -1.03. The largest absolute Gasteiger partial charge is 0.493 e. The average molecular weight is 301 g/mol. The second-order valence-corrected chi connectivity index (χ2v) is 4.69. The molecule has 0 saturated carbocycles. The molecule has 1 aromatic rings. The van der Waals surface area contributed by atoms with Crippen molar-refractivity contribution in [3.63, 3.8) is 0 Å². The Morgan fingerprint density at radius 1 is 1.47 bits per heavy atom. The van der Waals surface area contributed by atoms with Crippen LogP contribution in [0.25, 0.3) is 0 Å². The van der Waals surface area contributed by atoms with Crippen molar-refractivity contribution in [2.24, 2.45) is 5.92 Å². The Kier molecular flexibility index (Phi) is 5.48. The number of ketones is 1. The number of benzene rings is 1. The van der Waals surface area contributed by atoms with Crippen LogP contribution in [0.2, 0.25) is 0 Å². The fourth-order valence-electron chi connectivity index (χ4n) is 1.30. The van der Waals surface area contributed by atoms with E-state index in [1.165, 1.54) is 0 Å². The summed E-state index contributed by atoms with van der Waals surface area (Å²) < 4.78 is 11.5. The first-order valence-electron chi connectivity index (χ1n) is 5.58. The van der Waals surface area contributed by atoms with E-state index >= 15 is 0 Å². The van der Waals surface area contributed by atoms with Gasteiger partial charge in [-0.3, -0.25) is 4.79 Å². The third-order valence-electron chi connectivity index (χ3n) is 2.67. The highest BCUT2D eigenvalue weighted by atomic mass is 79.9. The van der Waals surface area contributed by atoms with Gasteiger partial charge < -0.3 is 9.47 Å². The number of hydrogen-bond donors (Lipinski definition) is 0. The summed E-state index contributed by atoms with van der Waals surface area (Å²) in [6.07, 6.45) is 0.829. The number of Topliss-reactive ketones (excluding diaryl/α,β-unsaturated/α-hetero) is 1. The van der Waals surface area contributed by atoms with E-state index in [4.69, 9.17) is 9.47 Å². The van der Waals surface area contributed by atoms with Gasteiger partial charge in [0.15, 0.2) is 17.3 Å². The van der Waals surface area contributed by atoms with Crippen LogP contribution in [0.5, 0.6) is 11.5 Å². The van der Waals surface area contributed by atoms with Gasteiger partial charge in [0.05, 0.1) is 11.6 Å².